The lowest BCUT2D eigenvalue weighted by molar-refractivity contribution is -0.153. The van der Waals surface area contributed by atoms with Gasteiger partial charge in [-0.2, -0.15) is 0 Å². The van der Waals surface area contributed by atoms with Crippen LogP contribution in [0, 0.1) is 12.3 Å². The highest BCUT2D eigenvalue weighted by Crippen LogP contribution is 2.44. The Balaban J connectivity index is 1.63. The van der Waals surface area contributed by atoms with Crippen molar-refractivity contribution in [3.8, 4) is 0 Å². The van der Waals surface area contributed by atoms with E-state index in [1.807, 2.05) is 11.9 Å². The molecule has 2 amide bonds. The summed E-state index contributed by atoms with van der Waals surface area (Å²) >= 11 is 0. The molecule has 9 nitrogen and oxygen atoms in total. The van der Waals surface area contributed by atoms with Gasteiger partial charge in [0.05, 0.1) is 18.0 Å². The second-order valence-corrected chi connectivity index (χ2v) is 8.20. The Labute approximate surface area is 169 Å². The van der Waals surface area contributed by atoms with Crippen LogP contribution in [0.25, 0.3) is 0 Å². The number of nitrogens with zero attached hydrogens (tertiary/aromatic N) is 5. The Morgan fingerprint density at radius 2 is 2.17 bits per heavy atom. The summed E-state index contributed by atoms with van der Waals surface area (Å²) in [6.07, 6.45) is 5.08. The summed E-state index contributed by atoms with van der Waals surface area (Å²) in [5.74, 6) is 0.408. The highest BCUT2D eigenvalue weighted by atomic mass is 16.5. The molecule has 0 bridgehead atoms. The molecule has 2 aromatic heterocycles. The summed E-state index contributed by atoms with van der Waals surface area (Å²) in [4.78, 5) is 36.8. The number of hydrogen-bond acceptors (Lipinski definition) is 7. The molecule has 2 saturated heterocycles. The van der Waals surface area contributed by atoms with E-state index in [-0.39, 0.29) is 17.9 Å². The minimum atomic E-state index is -0.601. The first-order valence-corrected chi connectivity index (χ1v) is 9.97. The second kappa shape index (κ2) is 7.62. The van der Waals surface area contributed by atoms with E-state index in [2.05, 4.69) is 15.0 Å². The smallest absolute Gasteiger partial charge is 0.276 e. The van der Waals surface area contributed by atoms with Crippen molar-refractivity contribution in [2.75, 3.05) is 33.7 Å². The number of carbonyl (C=O) groups is 2. The molecule has 156 valence electrons. The summed E-state index contributed by atoms with van der Waals surface area (Å²) in [5.41, 5.74) is 0.442. The fourth-order valence-corrected chi connectivity index (χ4v) is 4.79. The molecule has 2 aliphatic heterocycles. The van der Waals surface area contributed by atoms with Crippen LogP contribution >= 0.6 is 0 Å². The first-order chi connectivity index (χ1) is 13.9. The quantitative estimate of drug-likeness (QED) is 0.767. The van der Waals surface area contributed by atoms with Gasteiger partial charge in [-0.05, 0) is 39.8 Å². The van der Waals surface area contributed by atoms with Crippen molar-refractivity contribution in [1.29, 1.82) is 0 Å². The Morgan fingerprint density at radius 1 is 1.34 bits per heavy atom. The summed E-state index contributed by atoms with van der Waals surface area (Å²) in [6, 6.07) is 1.56. The van der Waals surface area contributed by atoms with Gasteiger partial charge in [0.25, 0.3) is 5.91 Å². The van der Waals surface area contributed by atoms with E-state index >= 15 is 0 Å². The molecule has 0 unspecified atom stereocenters. The summed E-state index contributed by atoms with van der Waals surface area (Å²) in [6.45, 7) is 4.22. The molecule has 2 fully saturated rings. The van der Waals surface area contributed by atoms with Crippen LogP contribution in [0.4, 0.5) is 0 Å². The monoisotopic (exact) mass is 401 g/mol. The molecule has 2 atom stereocenters. The predicted octanol–water partition coefficient (Wildman–Crippen LogP) is 1.56. The van der Waals surface area contributed by atoms with Crippen molar-refractivity contribution in [3.63, 3.8) is 0 Å². The van der Waals surface area contributed by atoms with Crippen LogP contribution in [0.1, 0.15) is 41.2 Å². The highest BCUT2D eigenvalue weighted by molar-refractivity contribution is 5.94. The average Bonchev–Trinajstić information content (AvgIpc) is 3.38. The van der Waals surface area contributed by atoms with Crippen LogP contribution in [0.15, 0.2) is 27.7 Å². The number of rotatable bonds is 4. The van der Waals surface area contributed by atoms with E-state index in [4.69, 9.17) is 8.94 Å². The van der Waals surface area contributed by atoms with Crippen molar-refractivity contribution in [3.05, 3.63) is 35.9 Å². The molecule has 2 aliphatic rings. The minimum Gasteiger partial charge on any atom is -0.448 e. The lowest BCUT2D eigenvalue weighted by atomic mass is 9.67. The number of oxazole rings is 1. The molecule has 4 rings (SSSR count). The van der Waals surface area contributed by atoms with Gasteiger partial charge in [-0.15, -0.1) is 0 Å². The maximum absolute atomic E-state index is 13.7. The summed E-state index contributed by atoms with van der Waals surface area (Å²) in [7, 11) is 3.83. The number of amides is 2. The minimum absolute atomic E-state index is 0.0629. The number of fused-ring (bicyclic) bond motifs is 1. The third-order valence-electron chi connectivity index (χ3n) is 6.33. The Kier molecular flexibility index (Phi) is 5.16. The fourth-order valence-electron chi connectivity index (χ4n) is 4.79. The molecule has 0 saturated carbocycles. The zero-order chi connectivity index (χ0) is 20.6. The summed E-state index contributed by atoms with van der Waals surface area (Å²) < 4.78 is 10.1. The molecule has 0 radical (unpaired) electrons. The van der Waals surface area contributed by atoms with Gasteiger partial charge >= 0.3 is 0 Å². The van der Waals surface area contributed by atoms with Gasteiger partial charge in [-0.3, -0.25) is 9.59 Å². The molecule has 4 heterocycles. The van der Waals surface area contributed by atoms with E-state index in [0.29, 0.717) is 36.8 Å². The Bertz CT molecular complexity index is 879. The van der Waals surface area contributed by atoms with Crippen LogP contribution in [0.5, 0.6) is 0 Å². The Hall–Kier alpha value is -2.68. The van der Waals surface area contributed by atoms with Crippen molar-refractivity contribution >= 4 is 11.8 Å². The van der Waals surface area contributed by atoms with E-state index < -0.39 is 5.41 Å². The zero-order valence-corrected chi connectivity index (χ0v) is 17.1. The molecular formula is C20H27N5O4. The molecular weight excluding hydrogens is 374 g/mol. The van der Waals surface area contributed by atoms with Crippen LogP contribution in [0.3, 0.4) is 0 Å². The molecule has 0 aromatic carbocycles. The number of hydrogen-bond donors (Lipinski definition) is 0. The predicted molar refractivity (Wildman–Crippen MR) is 103 cm³/mol. The maximum Gasteiger partial charge on any atom is 0.276 e. The van der Waals surface area contributed by atoms with Gasteiger partial charge in [0.2, 0.25) is 5.91 Å². The van der Waals surface area contributed by atoms with Gasteiger partial charge in [0.1, 0.15) is 17.7 Å². The first-order valence-electron chi connectivity index (χ1n) is 9.97. The van der Waals surface area contributed by atoms with Crippen LogP contribution < -0.4 is 0 Å². The van der Waals surface area contributed by atoms with E-state index in [9.17, 15) is 9.59 Å². The molecule has 9 heteroatoms. The van der Waals surface area contributed by atoms with Crippen molar-refractivity contribution in [2.45, 2.75) is 38.8 Å². The van der Waals surface area contributed by atoms with Crippen LogP contribution in [-0.4, -0.2) is 76.4 Å². The van der Waals surface area contributed by atoms with Crippen molar-refractivity contribution < 1.29 is 18.5 Å². The molecule has 0 spiro atoms. The van der Waals surface area contributed by atoms with Gasteiger partial charge in [0.15, 0.2) is 12.1 Å². The lowest BCUT2D eigenvalue weighted by Crippen LogP contribution is -2.66. The maximum atomic E-state index is 13.7. The lowest BCUT2D eigenvalue weighted by Gasteiger charge is -2.54. The van der Waals surface area contributed by atoms with Crippen LogP contribution in [-0.2, 0) is 11.3 Å². The molecule has 0 aliphatic carbocycles. The van der Waals surface area contributed by atoms with Crippen LogP contribution in [0.2, 0.25) is 0 Å². The zero-order valence-electron chi connectivity index (χ0n) is 17.1. The van der Waals surface area contributed by atoms with E-state index in [0.717, 1.165) is 25.8 Å². The molecule has 2 aromatic rings. The van der Waals surface area contributed by atoms with Gasteiger partial charge in [-0.1, -0.05) is 5.16 Å². The standard InChI is InChI=1S/C20H27N5O4/c1-14-17(21-13-28-14)18(26)25-8-4-6-20(7-9-23(2)12-16(20)25)19(27)24(3)11-15-5-10-29-22-15/h5,10,13,16H,4,6-9,11-12H2,1-3H3/t16-,20+/m0/s1. The number of likely N-dealkylation sites (tertiary alicyclic amines) is 2. The number of piperidine rings is 2. The third kappa shape index (κ3) is 3.43. The highest BCUT2D eigenvalue weighted by Gasteiger charge is 2.54. The van der Waals surface area contributed by atoms with E-state index in [1.165, 1.54) is 12.7 Å². The van der Waals surface area contributed by atoms with Gasteiger partial charge < -0.3 is 23.6 Å². The number of carbonyl (C=O) groups excluding carboxylic acids is 2. The largest absolute Gasteiger partial charge is 0.448 e. The normalized spacial score (nSPS) is 24.9. The van der Waals surface area contributed by atoms with Gasteiger partial charge in [0, 0.05) is 26.2 Å². The first kappa shape index (κ1) is 19.6. The second-order valence-electron chi connectivity index (χ2n) is 8.20. The topological polar surface area (TPSA) is 95.9 Å². The van der Waals surface area contributed by atoms with Gasteiger partial charge in [-0.25, -0.2) is 4.98 Å². The van der Waals surface area contributed by atoms with Crippen molar-refractivity contribution in [1.82, 2.24) is 24.8 Å². The summed E-state index contributed by atoms with van der Waals surface area (Å²) in [5, 5.41) is 3.92. The third-order valence-corrected chi connectivity index (χ3v) is 6.33. The number of likely N-dealkylation sites (N-methyl/N-ethyl adjacent to an activating group) is 1. The van der Waals surface area contributed by atoms with E-state index in [1.54, 1.807) is 24.9 Å². The average molecular weight is 401 g/mol. The molecule has 0 N–H and O–H groups in total. The SMILES string of the molecule is Cc1ocnc1C(=O)N1CCC[C@@]2(C(=O)N(C)Cc3ccon3)CCN(C)C[C@H]12. The Morgan fingerprint density at radius 3 is 2.86 bits per heavy atom. The fraction of sp³-hybridized carbons (Fsp3) is 0.600. The van der Waals surface area contributed by atoms with Crippen molar-refractivity contribution in [2.24, 2.45) is 5.41 Å². The molecule has 29 heavy (non-hydrogen) atoms. The number of aromatic nitrogens is 2. The number of aryl methyl sites for hydroxylation is 1.